The lowest BCUT2D eigenvalue weighted by Gasteiger charge is -2.14. The van der Waals surface area contributed by atoms with Crippen LogP contribution in [-0.2, 0) is 0 Å². The first kappa shape index (κ1) is 11.0. The van der Waals surface area contributed by atoms with Crippen molar-refractivity contribution in [3.63, 3.8) is 0 Å². The summed E-state index contributed by atoms with van der Waals surface area (Å²) >= 11 is 1.69. The van der Waals surface area contributed by atoms with E-state index in [1.165, 1.54) is 25.7 Å². The predicted octanol–water partition coefficient (Wildman–Crippen LogP) is 2.69. The van der Waals surface area contributed by atoms with Crippen molar-refractivity contribution < 1.29 is 0 Å². The van der Waals surface area contributed by atoms with Gasteiger partial charge in [0.05, 0.1) is 6.04 Å². The molecule has 0 bridgehead atoms. The van der Waals surface area contributed by atoms with Crippen LogP contribution in [0.5, 0.6) is 0 Å². The van der Waals surface area contributed by atoms with Gasteiger partial charge in [0.15, 0.2) is 0 Å². The maximum Gasteiger partial charge on any atom is 0.134 e. The first-order valence-corrected chi connectivity index (χ1v) is 6.60. The van der Waals surface area contributed by atoms with Gasteiger partial charge in [-0.15, -0.1) is 21.5 Å². The fourth-order valence-corrected chi connectivity index (χ4v) is 2.86. The van der Waals surface area contributed by atoms with E-state index in [1.807, 2.05) is 6.92 Å². The van der Waals surface area contributed by atoms with Gasteiger partial charge in [0.1, 0.15) is 10.0 Å². The molecular weight excluding hydrogens is 206 g/mol. The van der Waals surface area contributed by atoms with E-state index in [-0.39, 0.29) is 0 Å². The van der Waals surface area contributed by atoms with E-state index >= 15 is 0 Å². The molecule has 1 aromatic rings. The second kappa shape index (κ2) is 5.03. The Morgan fingerprint density at radius 1 is 1.40 bits per heavy atom. The molecule has 1 atom stereocenters. The third kappa shape index (κ3) is 2.98. The maximum atomic E-state index is 4.17. The molecule has 84 valence electrons. The molecule has 0 aromatic carbocycles. The van der Waals surface area contributed by atoms with Crippen LogP contribution in [-0.4, -0.2) is 16.7 Å². The Morgan fingerprint density at radius 3 is 2.73 bits per heavy atom. The van der Waals surface area contributed by atoms with Crippen LogP contribution in [0, 0.1) is 12.8 Å². The van der Waals surface area contributed by atoms with E-state index in [2.05, 4.69) is 22.4 Å². The SMILES string of the molecule is Cc1nnc(C(C)NCC2CCCC2)s1. The van der Waals surface area contributed by atoms with Crippen molar-refractivity contribution in [2.75, 3.05) is 6.54 Å². The summed E-state index contributed by atoms with van der Waals surface area (Å²) in [6.45, 7) is 5.32. The molecule has 2 rings (SSSR count). The number of aryl methyl sites for hydroxylation is 1. The molecule has 1 fully saturated rings. The minimum Gasteiger partial charge on any atom is -0.308 e. The average Bonchev–Trinajstić information content (AvgIpc) is 2.84. The first-order chi connectivity index (χ1) is 7.25. The highest BCUT2D eigenvalue weighted by molar-refractivity contribution is 7.11. The highest BCUT2D eigenvalue weighted by Gasteiger charge is 2.17. The van der Waals surface area contributed by atoms with Crippen molar-refractivity contribution in [1.29, 1.82) is 0 Å². The zero-order valence-electron chi connectivity index (χ0n) is 9.49. The Morgan fingerprint density at radius 2 is 2.13 bits per heavy atom. The van der Waals surface area contributed by atoms with Crippen molar-refractivity contribution >= 4 is 11.3 Å². The lowest BCUT2D eigenvalue weighted by molar-refractivity contribution is 0.451. The molecule has 0 amide bonds. The Balaban J connectivity index is 1.79. The van der Waals surface area contributed by atoms with E-state index in [1.54, 1.807) is 11.3 Å². The van der Waals surface area contributed by atoms with Gasteiger partial charge in [0.25, 0.3) is 0 Å². The zero-order chi connectivity index (χ0) is 10.7. The minimum atomic E-state index is 0.358. The molecule has 1 unspecified atom stereocenters. The summed E-state index contributed by atoms with van der Waals surface area (Å²) in [4.78, 5) is 0. The number of aromatic nitrogens is 2. The fraction of sp³-hybridized carbons (Fsp3) is 0.818. The predicted molar refractivity (Wildman–Crippen MR) is 63.0 cm³/mol. The van der Waals surface area contributed by atoms with E-state index < -0.39 is 0 Å². The summed E-state index contributed by atoms with van der Waals surface area (Å²) in [5.41, 5.74) is 0. The average molecular weight is 225 g/mol. The van der Waals surface area contributed by atoms with Crippen LogP contribution in [0.1, 0.15) is 48.7 Å². The minimum absolute atomic E-state index is 0.358. The van der Waals surface area contributed by atoms with Crippen LogP contribution in [0.2, 0.25) is 0 Å². The van der Waals surface area contributed by atoms with Crippen molar-refractivity contribution in [1.82, 2.24) is 15.5 Å². The normalized spacial score (nSPS) is 19.6. The van der Waals surface area contributed by atoms with Gasteiger partial charge in [-0.2, -0.15) is 0 Å². The molecule has 1 N–H and O–H groups in total. The summed E-state index contributed by atoms with van der Waals surface area (Å²) in [6, 6.07) is 0.358. The monoisotopic (exact) mass is 225 g/mol. The molecule has 0 radical (unpaired) electrons. The van der Waals surface area contributed by atoms with E-state index in [0.29, 0.717) is 6.04 Å². The van der Waals surface area contributed by atoms with E-state index in [0.717, 1.165) is 22.5 Å². The largest absolute Gasteiger partial charge is 0.308 e. The lowest BCUT2D eigenvalue weighted by Crippen LogP contribution is -2.24. The topological polar surface area (TPSA) is 37.8 Å². The zero-order valence-corrected chi connectivity index (χ0v) is 10.3. The van der Waals surface area contributed by atoms with Crippen molar-refractivity contribution in [3.05, 3.63) is 10.0 Å². The van der Waals surface area contributed by atoms with Gasteiger partial charge in [0, 0.05) is 0 Å². The molecule has 1 saturated carbocycles. The lowest BCUT2D eigenvalue weighted by atomic mass is 10.1. The number of hydrogen-bond acceptors (Lipinski definition) is 4. The van der Waals surface area contributed by atoms with Gasteiger partial charge < -0.3 is 5.32 Å². The second-order valence-electron chi connectivity index (χ2n) is 4.44. The molecule has 0 aliphatic heterocycles. The van der Waals surface area contributed by atoms with Crippen LogP contribution in [0.15, 0.2) is 0 Å². The molecular formula is C11H19N3S. The molecule has 1 aliphatic carbocycles. The van der Waals surface area contributed by atoms with Gasteiger partial charge in [-0.3, -0.25) is 0 Å². The number of rotatable bonds is 4. The van der Waals surface area contributed by atoms with Crippen molar-refractivity contribution in [3.8, 4) is 0 Å². The van der Waals surface area contributed by atoms with Crippen molar-refractivity contribution in [2.45, 2.75) is 45.6 Å². The first-order valence-electron chi connectivity index (χ1n) is 5.79. The molecule has 1 aliphatic rings. The van der Waals surface area contributed by atoms with E-state index in [9.17, 15) is 0 Å². The standard InChI is InChI=1S/C11H19N3S/c1-8(11-14-13-9(2)15-11)12-7-10-5-3-4-6-10/h8,10,12H,3-7H2,1-2H3. The molecule has 0 saturated heterocycles. The van der Waals surface area contributed by atoms with Crippen LogP contribution in [0.4, 0.5) is 0 Å². The third-order valence-corrected chi connectivity index (χ3v) is 4.12. The maximum absolute atomic E-state index is 4.17. The molecule has 15 heavy (non-hydrogen) atoms. The Bertz CT molecular complexity index is 305. The smallest absolute Gasteiger partial charge is 0.134 e. The van der Waals surface area contributed by atoms with Gasteiger partial charge in [-0.1, -0.05) is 12.8 Å². The molecule has 1 heterocycles. The summed E-state index contributed by atoms with van der Waals surface area (Å²) < 4.78 is 0. The van der Waals surface area contributed by atoms with Gasteiger partial charge in [-0.25, -0.2) is 0 Å². The number of hydrogen-bond donors (Lipinski definition) is 1. The van der Waals surface area contributed by atoms with Crippen LogP contribution in [0.25, 0.3) is 0 Å². The summed E-state index contributed by atoms with van der Waals surface area (Å²) in [5.74, 6) is 0.890. The van der Waals surface area contributed by atoms with E-state index in [4.69, 9.17) is 0 Å². The Labute approximate surface area is 95.3 Å². The van der Waals surface area contributed by atoms with Crippen LogP contribution >= 0.6 is 11.3 Å². The van der Waals surface area contributed by atoms with Gasteiger partial charge in [0.2, 0.25) is 0 Å². The molecule has 0 spiro atoms. The molecule has 1 aromatic heterocycles. The van der Waals surface area contributed by atoms with Gasteiger partial charge >= 0.3 is 0 Å². The molecule has 4 heteroatoms. The highest BCUT2D eigenvalue weighted by Crippen LogP contribution is 2.25. The number of nitrogens with zero attached hydrogens (tertiary/aromatic N) is 2. The summed E-state index contributed by atoms with van der Waals surface area (Å²) in [6.07, 6.45) is 5.63. The fourth-order valence-electron chi connectivity index (χ4n) is 2.13. The Kier molecular flexibility index (Phi) is 3.70. The van der Waals surface area contributed by atoms with Crippen LogP contribution in [0.3, 0.4) is 0 Å². The Hall–Kier alpha value is -0.480. The third-order valence-electron chi connectivity index (χ3n) is 3.10. The van der Waals surface area contributed by atoms with Crippen LogP contribution < -0.4 is 5.32 Å². The second-order valence-corrected chi connectivity index (χ2v) is 5.65. The highest BCUT2D eigenvalue weighted by atomic mass is 32.1. The summed E-state index contributed by atoms with van der Waals surface area (Å²) in [5, 5.41) is 13.9. The number of nitrogens with one attached hydrogen (secondary N) is 1. The quantitative estimate of drug-likeness (QED) is 0.856. The summed E-state index contributed by atoms with van der Waals surface area (Å²) in [7, 11) is 0. The van der Waals surface area contributed by atoms with Crippen molar-refractivity contribution in [2.24, 2.45) is 5.92 Å². The molecule has 3 nitrogen and oxygen atoms in total. The van der Waals surface area contributed by atoms with Gasteiger partial charge in [-0.05, 0) is 39.2 Å².